The lowest BCUT2D eigenvalue weighted by molar-refractivity contribution is -0.242. The maximum absolute atomic E-state index is 14.5. The molecule has 0 aromatic rings. The Morgan fingerprint density at radius 3 is 2.45 bits per heavy atom. The summed E-state index contributed by atoms with van der Waals surface area (Å²) in [7, 11) is 15.5. The lowest BCUT2D eigenvalue weighted by Crippen LogP contribution is -2.61. The average molecular weight is 308 g/mol. The zero-order valence-electron chi connectivity index (χ0n) is 11.0. The van der Waals surface area contributed by atoms with Gasteiger partial charge < -0.3 is 25.4 Å². The smallest absolute Gasteiger partial charge is 0.327 e. The molecule has 2 aliphatic heterocycles. The predicted octanol–water partition coefficient (Wildman–Crippen LogP) is -2.44. The van der Waals surface area contributed by atoms with Crippen LogP contribution < -0.4 is 5.32 Å². The molecule has 0 bridgehead atoms. The maximum atomic E-state index is 14.5. The van der Waals surface area contributed by atoms with Crippen molar-refractivity contribution < 1.29 is 33.6 Å². The number of carbonyl (C=O) groups is 1. The molecule has 2 amide bonds. The van der Waals surface area contributed by atoms with Gasteiger partial charge in [0.05, 0.1) is 5.70 Å². The van der Waals surface area contributed by atoms with E-state index < -0.39 is 46.6 Å². The van der Waals surface area contributed by atoms with E-state index >= 15 is 0 Å². The first-order valence-electron chi connectivity index (χ1n) is 5.85. The number of nitrogens with one attached hydrogen (secondary N) is 1. The van der Waals surface area contributed by atoms with Gasteiger partial charge in [-0.2, -0.15) is 0 Å². The summed E-state index contributed by atoms with van der Waals surface area (Å²) in [5.41, 5.74) is -3.21. The van der Waals surface area contributed by atoms with Crippen LogP contribution in [-0.2, 0) is 4.74 Å². The molecule has 1 fully saturated rings. The molecule has 0 saturated carbocycles. The van der Waals surface area contributed by atoms with Crippen LogP contribution in [0.3, 0.4) is 0 Å². The van der Waals surface area contributed by atoms with Gasteiger partial charge in [0.2, 0.25) is 0 Å². The maximum Gasteiger partial charge on any atom is 0.327 e. The fourth-order valence-electron chi connectivity index (χ4n) is 2.06. The van der Waals surface area contributed by atoms with Gasteiger partial charge in [0, 0.05) is 11.6 Å². The van der Waals surface area contributed by atoms with E-state index in [9.17, 15) is 28.9 Å². The third-order valence-corrected chi connectivity index (χ3v) is 3.35. The highest BCUT2D eigenvalue weighted by atomic mass is 19.2. The van der Waals surface area contributed by atoms with Crippen LogP contribution in [-0.4, -0.2) is 78.9 Å². The Labute approximate surface area is 127 Å². The molecule has 4 atom stereocenters. The highest BCUT2D eigenvalue weighted by Crippen LogP contribution is 2.44. The van der Waals surface area contributed by atoms with Crippen molar-refractivity contribution in [3.63, 3.8) is 0 Å². The van der Waals surface area contributed by atoms with Crippen molar-refractivity contribution in [3.8, 4) is 0 Å². The first kappa shape index (κ1) is 17.0. The number of hydrogen-bond donors (Lipinski definition) is 4. The molecule has 4 N–H and O–H groups in total. The summed E-state index contributed by atoms with van der Waals surface area (Å²) in [4.78, 5) is 12.0. The van der Waals surface area contributed by atoms with Gasteiger partial charge in [-0.1, -0.05) is 6.58 Å². The molecule has 12 heteroatoms. The van der Waals surface area contributed by atoms with Gasteiger partial charge in [0.25, 0.3) is 5.85 Å². The number of hydrogen-bond acceptors (Lipinski definition) is 5. The van der Waals surface area contributed by atoms with Gasteiger partial charge in [0.1, 0.15) is 41.4 Å². The van der Waals surface area contributed by atoms with Gasteiger partial charge in [-0.25, -0.2) is 13.6 Å². The summed E-state index contributed by atoms with van der Waals surface area (Å²) in [6, 6.07) is -1.14. The quantitative estimate of drug-likeness (QED) is 0.425. The lowest BCUT2D eigenvalue weighted by atomic mass is 9.59. The SMILES string of the molecule is [B]C([B])(O)[C@@]1(F)O[C@@]([B])(N2C=C(F)C(=C)NC2=O)[C@H](O)[C@@H]1O. The molecule has 0 aromatic carbocycles. The van der Waals surface area contributed by atoms with E-state index in [1.807, 2.05) is 5.32 Å². The van der Waals surface area contributed by atoms with E-state index in [-0.39, 0.29) is 4.90 Å². The highest BCUT2D eigenvalue weighted by molar-refractivity contribution is 6.39. The fraction of sp³-hybridized carbons (Fsp3) is 0.500. The summed E-state index contributed by atoms with van der Waals surface area (Å²) >= 11 is 0. The number of alkyl halides is 1. The summed E-state index contributed by atoms with van der Waals surface area (Å²) < 4.78 is 32.6. The molecular weight excluding hydrogens is 299 g/mol. The van der Waals surface area contributed by atoms with Crippen LogP contribution in [0.2, 0.25) is 0 Å². The molecule has 7 nitrogen and oxygen atoms in total. The molecule has 6 radical (unpaired) electrons. The zero-order valence-corrected chi connectivity index (χ0v) is 11.0. The first-order chi connectivity index (χ1) is 9.84. The largest absolute Gasteiger partial charge is 0.403 e. The molecule has 1 saturated heterocycles. The van der Waals surface area contributed by atoms with Crippen molar-refractivity contribution in [1.29, 1.82) is 0 Å². The number of urea groups is 1. The minimum absolute atomic E-state index is 0.234. The van der Waals surface area contributed by atoms with Crippen LogP contribution in [0.1, 0.15) is 0 Å². The lowest BCUT2D eigenvalue weighted by Gasteiger charge is -2.41. The number of carbonyl (C=O) groups excluding carboxylic acids is 1. The van der Waals surface area contributed by atoms with Gasteiger partial charge in [-0.3, -0.25) is 4.90 Å². The Morgan fingerprint density at radius 2 is 2.00 bits per heavy atom. The Hall–Kier alpha value is -1.36. The van der Waals surface area contributed by atoms with E-state index in [4.69, 9.17) is 23.5 Å². The molecule has 22 heavy (non-hydrogen) atoms. The van der Waals surface area contributed by atoms with E-state index in [0.29, 0.717) is 6.20 Å². The van der Waals surface area contributed by atoms with E-state index in [1.165, 1.54) is 0 Å². The first-order valence-corrected chi connectivity index (χ1v) is 5.85. The van der Waals surface area contributed by atoms with Gasteiger partial charge in [0.15, 0.2) is 5.83 Å². The second-order valence-corrected chi connectivity index (χ2v) is 4.97. The molecular formula is C10H9B3F2N2O5. The number of nitrogens with zero attached hydrogens (tertiary/aromatic N) is 1. The van der Waals surface area contributed by atoms with Crippen molar-refractivity contribution in [2.45, 2.75) is 29.1 Å². The van der Waals surface area contributed by atoms with Crippen molar-refractivity contribution in [1.82, 2.24) is 10.2 Å². The number of allylic oxidation sites excluding steroid dienone is 1. The third kappa shape index (κ3) is 2.18. The van der Waals surface area contributed by atoms with Gasteiger partial charge in [-0.15, -0.1) is 0 Å². The van der Waals surface area contributed by atoms with Crippen LogP contribution in [0.5, 0.6) is 0 Å². The Kier molecular flexibility index (Phi) is 3.73. The van der Waals surface area contributed by atoms with Crippen LogP contribution in [0, 0.1) is 0 Å². The van der Waals surface area contributed by atoms with Crippen molar-refractivity contribution >= 4 is 29.6 Å². The topological polar surface area (TPSA) is 102 Å². The minimum atomic E-state index is -3.64. The monoisotopic (exact) mass is 308 g/mol. The fourth-order valence-corrected chi connectivity index (χ4v) is 2.06. The molecule has 2 aliphatic rings. The number of halogens is 2. The predicted molar refractivity (Wildman–Crippen MR) is 70.6 cm³/mol. The molecule has 2 rings (SSSR count). The second-order valence-electron chi connectivity index (χ2n) is 4.97. The Balaban J connectivity index is 2.47. The minimum Gasteiger partial charge on any atom is -0.403 e. The molecule has 2 heterocycles. The van der Waals surface area contributed by atoms with Crippen molar-refractivity contribution in [3.05, 3.63) is 24.3 Å². The van der Waals surface area contributed by atoms with Gasteiger partial charge in [-0.05, 0) is 0 Å². The van der Waals surface area contributed by atoms with Crippen LogP contribution in [0.25, 0.3) is 0 Å². The number of aliphatic hydroxyl groups is 3. The number of amides is 2. The Bertz CT molecular complexity index is 571. The Morgan fingerprint density at radius 1 is 1.45 bits per heavy atom. The summed E-state index contributed by atoms with van der Waals surface area (Å²) in [5.74, 6) is -4.71. The molecule has 112 valence electrons. The molecule has 0 aromatic heterocycles. The van der Waals surface area contributed by atoms with Crippen molar-refractivity contribution in [2.75, 3.05) is 0 Å². The van der Waals surface area contributed by atoms with Crippen molar-refractivity contribution in [2.24, 2.45) is 0 Å². The number of aliphatic hydroxyl groups excluding tert-OH is 2. The zero-order chi connectivity index (χ0) is 17.1. The molecule has 0 aliphatic carbocycles. The van der Waals surface area contributed by atoms with Crippen LogP contribution >= 0.6 is 0 Å². The van der Waals surface area contributed by atoms with Crippen LogP contribution in [0.15, 0.2) is 24.3 Å². The normalized spacial score (nSPS) is 39.7. The van der Waals surface area contributed by atoms with Crippen LogP contribution in [0.4, 0.5) is 13.6 Å². The molecule has 0 spiro atoms. The van der Waals surface area contributed by atoms with E-state index in [1.54, 1.807) is 0 Å². The average Bonchev–Trinajstić information content (AvgIpc) is 2.56. The second kappa shape index (κ2) is 4.82. The summed E-state index contributed by atoms with van der Waals surface area (Å²) in [5, 5.41) is 27.6. The van der Waals surface area contributed by atoms with Gasteiger partial charge >= 0.3 is 6.03 Å². The van der Waals surface area contributed by atoms with E-state index in [0.717, 1.165) is 0 Å². The third-order valence-electron chi connectivity index (χ3n) is 3.35. The number of rotatable bonds is 2. The standard InChI is InChI=1S/C10H9B3F2N2O5/c1-3-4(14)2-17(7(20)16-3)9(11)6(19)5(18)8(15,22-9)10(12,13)21/h2,5-6,18-19,21H,1H2,(H,16,20)/t5-,6+,8-,9-/m0/s1. The van der Waals surface area contributed by atoms with E-state index in [2.05, 4.69) is 11.3 Å². The highest BCUT2D eigenvalue weighted by Gasteiger charge is 2.68. The summed E-state index contributed by atoms with van der Waals surface area (Å²) in [6.07, 6.45) is -4.39. The summed E-state index contributed by atoms with van der Waals surface area (Å²) in [6.45, 7) is 3.18. The number of ether oxygens (including phenoxy) is 1. The molecule has 0 unspecified atom stereocenters.